The third-order valence-corrected chi connectivity index (χ3v) is 10.9. The Kier molecular flexibility index (Phi) is 6.60. The second-order valence-electron chi connectivity index (χ2n) is 14.2. The van der Waals surface area contributed by atoms with Crippen molar-refractivity contribution < 1.29 is 9.90 Å². The third-order valence-electron chi connectivity index (χ3n) is 10.9. The van der Waals surface area contributed by atoms with Gasteiger partial charge in [0.05, 0.1) is 11.2 Å². The number of hydrogen-bond acceptors (Lipinski definition) is 2. The summed E-state index contributed by atoms with van der Waals surface area (Å²) in [4.78, 5) is 1.88. The van der Waals surface area contributed by atoms with Gasteiger partial charge in [-0.05, 0) is 115 Å². The fourth-order valence-corrected chi connectivity index (χ4v) is 8.05. The van der Waals surface area contributed by atoms with Crippen LogP contribution in [0.15, 0.2) is 217 Å². The van der Waals surface area contributed by atoms with Gasteiger partial charge in [-0.3, -0.25) is 0 Å². The van der Waals surface area contributed by atoms with E-state index in [1.807, 2.05) is 120 Å². The van der Waals surface area contributed by atoms with Crippen LogP contribution in [0, 0.1) is 0 Å². The van der Waals surface area contributed by atoms with Crippen LogP contribution in [0.2, 0.25) is 0 Å². The lowest BCUT2D eigenvalue weighted by atomic mass is 9.98. The molecule has 0 radical (unpaired) electrons. The Balaban J connectivity index is 1.11. The van der Waals surface area contributed by atoms with Crippen LogP contribution in [0.25, 0.3) is 87.6 Å². The van der Waals surface area contributed by atoms with Crippen molar-refractivity contribution in [3.63, 3.8) is 0 Å². The normalized spacial score (nSPS) is 12.6. The number of benzene rings is 10. The van der Waals surface area contributed by atoms with E-state index in [0.717, 1.165) is 71.1 Å². The van der Waals surface area contributed by atoms with Crippen molar-refractivity contribution in [2.45, 2.75) is 0 Å². The smallest absolute Gasteiger partial charge is 0.143 e. The molecule has 0 fully saturated rings. The summed E-state index contributed by atoms with van der Waals surface area (Å²) in [5.74, 6) is 0. The number of para-hydroxylation sites is 1. The maximum Gasteiger partial charge on any atom is 0.143 e. The monoisotopic (exact) mass is 717 g/mol. The zero-order valence-electron chi connectivity index (χ0n) is 34.3. The highest BCUT2D eigenvalue weighted by Crippen LogP contribution is 2.44. The molecule has 0 bridgehead atoms. The molecule has 0 unspecified atom stereocenters. The van der Waals surface area contributed by atoms with Crippen molar-refractivity contribution in [2.75, 3.05) is 4.90 Å². The minimum absolute atomic E-state index is 0.102. The Hall–Kier alpha value is -7.42. The average molecular weight is 718 g/mol. The predicted molar refractivity (Wildman–Crippen MR) is 237 cm³/mol. The fraction of sp³-hybridized carbons (Fsp3) is 0. The first kappa shape index (κ1) is 28.1. The van der Waals surface area contributed by atoms with Crippen molar-refractivity contribution in [3.8, 4) is 33.4 Å². The van der Waals surface area contributed by atoms with Gasteiger partial charge in [-0.2, -0.15) is 0 Å². The molecule has 0 N–H and O–H groups in total. The molecule has 56 heavy (non-hydrogen) atoms. The van der Waals surface area contributed by atoms with Gasteiger partial charge in [-0.1, -0.05) is 152 Å². The third kappa shape index (κ3) is 5.51. The Morgan fingerprint density at radius 2 is 0.929 bits per heavy atom. The summed E-state index contributed by atoms with van der Waals surface area (Å²) in [6.07, 6.45) is 0. The molecule has 11 rings (SSSR count). The molecule has 2 nitrogen and oxygen atoms in total. The van der Waals surface area contributed by atoms with Crippen molar-refractivity contribution in [2.24, 2.45) is 0 Å². The van der Waals surface area contributed by atoms with Crippen LogP contribution in [0.3, 0.4) is 0 Å². The molecule has 11 aromatic rings. The van der Waals surface area contributed by atoms with Crippen LogP contribution in [0.1, 0.15) is 5.48 Å². The lowest BCUT2D eigenvalue weighted by molar-refractivity contribution is 0.672. The molecule has 1 aromatic heterocycles. The molecular weight excluding hydrogens is 679 g/mol. The van der Waals surface area contributed by atoms with Crippen LogP contribution >= 0.6 is 0 Å². The van der Waals surface area contributed by atoms with E-state index in [0.29, 0.717) is 16.9 Å². The maximum atomic E-state index is 9.64. The predicted octanol–water partition coefficient (Wildman–Crippen LogP) is 15.5. The summed E-state index contributed by atoms with van der Waals surface area (Å²) in [7, 11) is 0. The first-order valence-corrected chi connectivity index (χ1v) is 18.8. The van der Waals surface area contributed by atoms with Gasteiger partial charge in [0.15, 0.2) is 0 Å². The van der Waals surface area contributed by atoms with Crippen LogP contribution in [0.5, 0.6) is 0 Å². The lowest BCUT2D eigenvalue weighted by Crippen LogP contribution is -2.11. The lowest BCUT2D eigenvalue weighted by Gasteiger charge is -2.28. The molecular formula is C54H35NO. The largest absolute Gasteiger partial charge is 0.455 e. The van der Waals surface area contributed by atoms with E-state index in [1.54, 1.807) is 0 Å². The van der Waals surface area contributed by atoms with Crippen LogP contribution in [0.4, 0.5) is 17.1 Å². The average Bonchev–Trinajstić information content (AvgIpc) is 3.68. The summed E-state index contributed by atoms with van der Waals surface area (Å²) < 4.78 is 44.6. The van der Waals surface area contributed by atoms with Gasteiger partial charge in [-0.25, -0.2) is 0 Å². The van der Waals surface area contributed by atoms with Gasteiger partial charge < -0.3 is 9.32 Å². The van der Waals surface area contributed by atoms with E-state index < -0.39 is 0 Å². The molecule has 10 aromatic carbocycles. The van der Waals surface area contributed by atoms with Gasteiger partial charge in [0.2, 0.25) is 0 Å². The van der Waals surface area contributed by atoms with Gasteiger partial charge in [0.1, 0.15) is 11.2 Å². The van der Waals surface area contributed by atoms with Crippen LogP contribution in [-0.2, 0) is 0 Å². The summed E-state index contributed by atoms with van der Waals surface area (Å²) in [5.41, 5.74) is 8.00. The van der Waals surface area contributed by atoms with E-state index in [2.05, 4.69) is 72.8 Å². The van der Waals surface area contributed by atoms with Crippen molar-refractivity contribution in [1.29, 1.82) is 0 Å². The highest BCUT2D eigenvalue weighted by molar-refractivity contribution is 6.15. The summed E-state index contributed by atoms with van der Waals surface area (Å²) in [5, 5.41) is 8.51. The van der Waals surface area contributed by atoms with Gasteiger partial charge in [0.25, 0.3) is 0 Å². The fourth-order valence-electron chi connectivity index (χ4n) is 8.05. The molecule has 2 heteroatoms. The molecule has 262 valence electrons. The quantitative estimate of drug-likeness (QED) is 0.170. The first-order valence-electron chi connectivity index (χ1n) is 20.8. The molecule has 1 heterocycles. The topological polar surface area (TPSA) is 16.4 Å². The number of anilines is 3. The molecule has 0 aliphatic heterocycles. The van der Waals surface area contributed by atoms with E-state index in [-0.39, 0.29) is 35.4 Å². The standard InChI is InChI=1S/C54H35NO/c1-3-12-41-33-43(19-17-36(41)9-1)38-21-27-46(28-22-38)55(47-29-23-39(24-30-47)44-20-18-37-10-2-4-13-42(37)34-44)52-16-8-7-14-48(52)45-26-32-53-51(35-45)50-31-25-40-11-5-6-15-49(40)54(50)56-53/h1-35H/i21D,22D,27D,28D. The Labute approximate surface area is 330 Å². The Morgan fingerprint density at radius 3 is 1.66 bits per heavy atom. The van der Waals surface area contributed by atoms with Crippen molar-refractivity contribution in [3.05, 3.63) is 212 Å². The highest BCUT2D eigenvalue weighted by atomic mass is 16.3. The minimum Gasteiger partial charge on any atom is -0.455 e. The SMILES string of the molecule is [2H]c1c([2H])c(N(c2ccc(-c3ccc4ccccc4c3)cc2)c2ccccc2-c2ccc3oc4c5ccccc5ccc4c3c2)c([2H])c([2H])c1-c1ccc2ccccc2c1. The number of fused-ring (bicyclic) bond motifs is 7. The molecule has 0 saturated carbocycles. The minimum atomic E-state index is -0.129. The van der Waals surface area contributed by atoms with Crippen molar-refractivity contribution >= 4 is 71.3 Å². The first-order chi connectivity index (χ1) is 29.4. The second-order valence-corrected chi connectivity index (χ2v) is 14.2. The zero-order valence-corrected chi connectivity index (χ0v) is 30.3. The van der Waals surface area contributed by atoms with E-state index in [9.17, 15) is 5.48 Å². The van der Waals surface area contributed by atoms with E-state index in [1.165, 1.54) is 5.39 Å². The summed E-state index contributed by atoms with van der Waals surface area (Å²) >= 11 is 0. The van der Waals surface area contributed by atoms with Gasteiger partial charge in [0, 0.05) is 33.1 Å². The summed E-state index contributed by atoms with van der Waals surface area (Å²) in [6.45, 7) is 0. The van der Waals surface area contributed by atoms with Crippen LogP contribution in [-0.4, -0.2) is 0 Å². The molecule has 0 aliphatic rings. The number of nitrogens with zero attached hydrogens (tertiary/aromatic N) is 1. The number of rotatable bonds is 6. The molecule has 0 amide bonds. The molecule has 0 atom stereocenters. The van der Waals surface area contributed by atoms with Gasteiger partial charge in [-0.15, -0.1) is 0 Å². The molecule has 0 saturated heterocycles. The number of hydrogen-bond donors (Lipinski definition) is 0. The summed E-state index contributed by atoms with van der Waals surface area (Å²) in [6, 6.07) is 62.8. The zero-order chi connectivity index (χ0) is 40.5. The highest BCUT2D eigenvalue weighted by Gasteiger charge is 2.19. The van der Waals surface area contributed by atoms with E-state index >= 15 is 0 Å². The Morgan fingerprint density at radius 1 is 0.357 bits per heavy atom. The maximum absolute atomic E-state index is 9.64. The Bertz CT molecular complexity index is 3470. The van der Waals surface area contributed by atoms with Crippen molar-refractivity contribution in [1.82, 2.24) is 0 Å². The van der Waals surface area contributed by atoms with Gasteiger partial charge >= 0.3 is 0 Å². The van der Waals surface area contributed by atoms with E-state index in [4.69, 9.17) is 4.42 Å². The molecule has 0 spiro atoms. The number of furan rings is 1. The second kappa shape index (κ2) is 13.2. The molecule has 0 aliphatic carbocycles. The van der Waals surface area contributed by atoms with Crippen LogP contribution < -0.4 is 4.90 Å².